The zero-order valence-electron chi connectivity index (χ0n) is 22.4. The maximum absolute atomic E-state index is 12.0. The molecular weight excluding hydrogens is 452 g/mol. The molecule has 0 aromatic heterocycles. The van der Waals surface area contributed by atoms with E-state index in [9.17, 15) is 9.59 Å². The molecule has 1 aliphatic rings. The molecule has 0 saturated heterocycles. The predicted molar refractivity (Wildman–Crippen MR) is 145 cm³/mol. The van der Waals surface area contributed by atoms with Crippen LogP contribution in [0.25, 0.3) is 0 Å². The van der Waals surface area contributed by atoms with E-state index in [1.165, 1.54) is 56.1 Å². The molecule has 0 bridgehead atoms. The van der Waals surface area contributed by atoms with Gasteiger partial charge in [-0.15, -0.1) is 0 Å². The van der Waals surface area contributed by atoms with Crippen LogP contribution in [0.1, 0.15) is 81.4 Å². The van der Waals surface area contributed by atoms with E-state index in [1.807, 2.05) is 6.07 Å². The van der Waals surface area contributed by atoms with Crippen LogP contribution in [-0.4, -0.2) is 36.9 Å². The lowest BCUT2D eigenvalue weighted by molar-refractivity contribution is -0.142. The molecule has 1 aromatic carbocycles. The van der Waals surface area contributed by atoms with E-state index < -0.39 is 18.5 Å². The minimum Gasteiger partial charge on any atom is -0.462 e. The van der Waals surface area contributed by atoms with Crippen LogP contribution in [0.3, 0.4) is 0 Å². The molecular formula is C31H44O5. The van der Waals surface area contributed by atoms with Crippen molar-refractivity contribution in [1.82, 2.24) is 0 Å². The van der Waals surface area contributed by atoms with E-state index in [-0.39, 0.29) is 24.7 Å². The summed E-state index contributed by atoms with van der Waals surface area (Å²) >= 11 is 0. The van der Waals surface area contributed by atoms with Crippen molar-refractivity contribution >= 4 is 11.9 Å². The number of aliphatic hydroxyl groups excluding tert-OH is 1. The first-order chi connectivity index (χ1) is 17.2. The Bertz CT molecular complexity index is 921. The lowest BCUT2D eigenvalue weighted by atomic mass is 9.77. The van der Waals surface area contributed by atoms with Gasteiger partial charge in [-0.1, -0.05) is 69.2 Å². The number of allylic oxidation sites excluding steroid dienone is 2. The molecule has 5 nitrogen and oxygen atoms in total. The fraction of sp³-hybridized carbons (Fsp3) is 0.548. The molecule has 1 aliphatic carbocycles. The summed E-state index contributed by atoms with van der Waals surface area (Å²) in [6.07, 6.45) is 14.6. The molecule has 0 heterocycles. The average Bonchev–Trinajstić information content (AvgIpc) is 2.88. The third-order valence-corrected chi connectivity index (χ3v) is 7.26. The summed E-state index contributed by atoms with van der Waals surface area (Å²) in [6, 6.07) is 6.28. The third kappa shape index (κ3) is 9.77. The first-order valence-corrected chi connectivity index (χ1v) is 13.2. The van der Waals surface area contributed by atoms with E-state index in [1.54, 1.807) is 6.92 Å². The van der Waals surface area contributed by atoms with Crippen LogP contribution in [0.5, 0.6) is 0 Å². The molecule has 36 heavy (non-hydrogen) atoms. The second kappa shape index (κ2) is 15.5. The van der Waals surface area contributed by atoms with E-state index in [0.717, 1.165) is 23.8 Å². The molecule has 1 atom stereocenters. The summed E-state index contributed by atoms with van der Waals surface area (Å²) in [4.78, 5) is 23.9. The van der Waals surface area contributed by atoms with Gasteiger partial charge in [-0.2, -0.15) is 0 Å². The van der Waals surface area contributed by atoms with E-state index in [2.05, 4.69) is 51.3 Å². The van der Waals surface area contributed by atoms with Gasteiger partial charge < -0.3 is 14.6 Å². The Morgan fingerprint density at radius 3 is 2.22 bits per heavy atom. The number of esters is 2. The minimum absolute atomic E-state index is 0.00830. The van der Waals surface area contributed by atoms with Crippen LogP contribution in [0.4, 0.5) is 0 Å². The van der Waals surface area contributed by atoms with Gasteiger partial charge in [-0.05, 0) is 75.0 Å². The van der Waals surface area contributed by atoms with Gasteiger partial charge >= 0.3 is 11.9 Å². The Balaban J connectivity index is 1.96. The lowest BCUT2D eigenvalue weighted by Gasteiger charge is -2.28. The molecule has 0 aliphatic heterocycles. The Hall–Kier alpha value is -2.66. The van der Waals surface area contributed by atoms with Crippen LogP contribution in [0.15, 0.2) is 54.7 Å². The summed E-state index contributed by atoms with van der Waals surface area (Å²) in [5.41, 5.74) is 3.77. The summed E-state index contributed by atoms with van der Waals surface area (Å²) in [5, 5.41) is 9.11. The first-order valence-electron chi connectivity index (χ1n) is 13.2. The highest BCUT2D eigenvalue weighted by molar-refractivity contribution is 5.88. The molecule has 0 radical (unpaired) electrons. The smallest absolute Gasteiger partial charge is 0.335 e. The van der Waals surface area contributed by atoms with E-state index in [0.29, 0.717) is 5.57 Å². The molecule has 1 saturated carbocycles. The van der Waals surface area contributed by atoms with Gasteiger partial charge in [0.25, 0.3) is 0 Å². The Labute approximate surface area is 217 Å². The number of carbonyl (C=O) groups excluding carboxylic acids is 2. The maximum atomic E-state index is 12.0. The molecule has 2 rings (SSSR count). The highest BCUT2D eigenvalue weighted by Gasteiger charge is 2.22. The standard InChI is InChI=1S/C31H44O5/c1-6-7-8-9-25-10-12-26(13-11-25)14-15-27-16-17-28(18-23(27)4)29(20-35-30(33)22(2)3)21-36-31(34)24(5)19-32/h6-7,16-18,25-26,29,32H,2,5,8-15,19-21H2,1,3-4H3/b7-6+. The van der Waals surface area contributed by atoms with Crippen LogP contribution < -0.4 is 0 Å². The molecule has 0 spiro atoms. The summed E-state index contributed by atoms with van der Waals surface area (Å²) in [5.74, 6) is 0.234. The number of aliphatic hydroxyl groups is 1. The van der Waals surface area contributed by atoms with Gasteiger partial charge in [-0.3, -0.25) is 0 Å². The highest BCUT2D eigenvalue weighted by Crippen LogP contribution is 2.34. The van der Waals surface area contributed by atoms with Crippen molar-refractivity contribution in [3.8, 4) is 0 Å². The van der Waals surface area contributed by atoms with Crippen molar-refractivity contribution < 1.29 is 24.2 Å². The van der Waals surface area contributed by atoms with Gasteiger partial charge in [0.1, 0.15) is 13.2 Å². The largest absolute Gasteiger partial charge is 0.462 e. The van der Waals surface area contributed by atoms with Crippen molar-refractivity contribution in [3.05, 3.63) is 71.3 Å². The van der Waals surface area contributed by atoms with Crippen LogP contribution in [0, 0.1) is 18.8 Å². The fourth-order valence-electron chi connectivity index (χ4n) is 4.80. The Morgan fingerprint density at radius 1 is 1.06 bits per heavy atom. The zero-order chi connectivity index (χ0) is 26.5. The van der Waals surface area contributed by atoms with Crippen molar-refractivity contribution in [3.63, 3.8) is 0 Å². The Kier molecular flexibility index (Phi) is 12.7. The number of aryl methyl sites for hydroxylation is 2. The quantitative estimate of drug-likeness (QED) is 0.184. The predicted octanol–water partition coefficient (Wildman–Crippen LogP) is 6.38. The van der Waals surface area contributed by atoms with Gasteiger partial charge in [0.2, 0.25) is 0 Å². The second-order valence-electron chi connectivity index (χ2n) is 10.2. The molecule has 1 fully saturated rings. The molecule has 198 valence electrons. The summed E-state index contributed by atoms with van der Waals surface area (Å²) in [7, 11) is 0. The van der Waals surface area contributed by atoms with Crippen molar-refractivity contribution in [2.45, 2.75) is 78.1 Å². The molecule has 1 N–H and O–H groups in total. The van der Waals surface area contributed by atoms with Crippen LogP contribution >= 0.6 is 0 Å². The van der Waals surface area contributed by atoms with Crippen molar-refractivity contribution in [1.29, 1.82) is 0 Å². The SMILES string of the molecule is C=C(C)C(=O)OCC(COC(=O)C(=C)CO)c1ccc(CCC2CCC(CC/C=C/C)CC2)c(C)c1. The number of rotatable bonds is 14. The topological polar surface area (TPSA) is 72.8 Å². The molecule has 1 unspecified atom stereocenters. The monoisotopic (exact) mass is 496 g/mol. The summed E-state index contributed by atoms with van der Waals surface area (Å²) in [6.45, 7) is 12.5. The zero-order valence-corrected chi connectivity index (χ0v) is 22.4. The Morgan fingerprint density at radius 2 is 1.67 bits per heavy atom. The molecule has 5 heteroatoms. The van der Waals surface area contributed by atoms with Gasteiger partial charge in [0, 0.05) is 5.57 Å². The van der Waals surface area contributed by atoms with Crippen LogP contribution in [0.2, 0.25) is 0 Å². The number of carbonyl (C=O) groups is 2. The van der Waals surface area contributed by atoms with Gasteiger partial charge in [0.15, 0.2) is 0 Å². The number of hydrogen-bond donors (Lipinski definition) is 1. The number of benzene rings is 1. The number of ether oxygens (including phenoxy) is 2. The minimum atomic E-state index is -0.654. The summed E-state index contributed by atoms with van der Waals surface area (Å²) < 4.78 is 10.7. The van der Waals surface area contributed by atoms with Gasteiger partial charge in [-0.25, -0.2) is 9.59 Å². The maximum Gasteiger partial charge on any atom is 0.335 e. The molecule has 0 amide bonds. The van der Waals surface area contributed by atoms with E-state index >= 15 is 0 Å². The molecule has 1 aromatic rings. The number of hydrogen-bond acceptors (Lipinski definition) is 5. The van der Waals surface area contributed by atoms with Crippen molar-refractivity contribution in [2.75, 3.05) is 19.8 Å². The first kappa shape index (κ1) is 29.6. The van der Waals surface area contributed by atoms with Gasteiger partial charge in [0.05, 0.1) is 18.1 Å². The van der Waals surface area contributed by atoms with Crippen LogP contribution in [-0.2, 0) is 25.5 Å². The normalized spacial score (nSPS) is 18.6. The van der Waals surface area contributed by atoms with E-state index in [4.69, 9.17) is 14.6 Å². The highest BCUT2D eigenvalue weighted by atomic mass is 16.5. The fourth-order valence-corrected chi connectivity index (χ4v) is 4.80. The lowest BCUT2D eigenvalue weighted by Crippen LogP contribution is -2.21. The average molecular weight is 497 g/mol. The second-order valence-corrected chi connectivity index (χ2v) is 10.2. The third-order valence-electron chi connectivity index (χ3n) is 7.26. The van der Waals surface area contributed by atoms with Crippen molar-refractivity contribution in [2.24, 2.45) is 11.8 Å².